The van der Waals surface area contributed by atoms with Crippen LogP contribution in [-0.2, 0) is 71.2 Å². The number of ether oxygens (including phenoxy) is 12. The fraction of sp³-hybridized carbons (Fsp3) is 0.897. The molecule has 0 aromatic heterocycles. The van der Waals surface area contributed by atoms with E-state index < -0.39 is 17.7 Å². The van der Waals surface area contributed by atoms with Crippen molar-refractivity contribution in [1.29, 1.82) is 0 Å². The number of carboxylic acids is 1. The standard InChI is InChI=1S/C29H53IO16/c30-3-4-35-5-6-36-7-8-37-9-10-38-11-12-39-13-14-40-15-16-41-17-18-42-19-20-43-21-22-44-23-24-45-25-26-46-28(32)2-1-27(31)29(33)34/h1-26H2,(H,33,34). The van der Waals surface area contributed by atoms with Crippen molar-refractivity contribution in [2.45, 2.75) is 12.8 Å². The van der Waals surface area contributed by atoms with Gasteiger partial charge in [0.1, 0.15) is 6.61 Å². The van der Waals surface area contributed by atoms with Crippen molar-refractivity contribution in [1.82, 2.24) is 0 Å². The monoisotopic (exact) mass is 784 g/mol. The van der Waals surface area contributed by atoms with Gasteiger partial charge in [0.05, 0.1) is 152 Å². The SMILES string of the molecule is O=C(CCC(=O)C(=O)O)OCCOCCOCCOCCOCCOCCOCCOCCOCCOCCOCCOCCI. The number of rotatable bonds is 39. The smallest absolute Gasteiger partial charge is 0.372 e. The van der Waals surface area contributed by atoms with Gasteiger partial charge >= 0.3 is 11.9 Å². The predicted octanol–water partition coefficient (Wildman–Crippen LogP) is 0.581. The van der Waals surface area contributed by atoms with Crippen LogP contribution < -0.4 is 0 Å². The van der Waals surface area contributed by atoms with Crippen LogP contribution in [0.25, 0.3) is 0 Å². The lowest BCUT2D eigenvalue weighted by Crippen LogP contribution is -2.17. The van der Waals surface area contributed by atoms with Crippen LogP contribution in [0.3, 0.4) is 0 Å². The van der Waals surface area contributed by atoms with Gasteiger partial charge < -0.3 is 61.9 Å². The first-order chi connectivity index (χ1) is 22.6. The van der Waals surface area contributed by atoms with Crippen LogP contribution in [0.15, 0.2) is 0 Å². The number of carboxylic acid groups (broad SMARTS) is 1. The van der Waals surface area contributed by atoms with E-state index in [1.165, 1.54) is 0 Å². The molecule has 0 amide bonds. The molecule has 0 unspecified atom stereocenters. The van der Waals surface area contributed by atoms with Gasteiger partial charge in [-0.05, 0) is 0 Å². The van der Waals surface area contributed by atoms with Crippen LogP contribution in [0, 0.1) is 0 Å². The average molecular weight is 785 g/mol. The molecule has 0 atom stereocenters. The first-order valence-electron chi connectivity index (χ1n) is 15.4. The maximum atomic E-state index is 11.4. The molecule has 0 aromatic carbocycles. The lowest BCUT2D eigenvalue weighted by molar-refractivity contribution is -0.151. The van der Waals surface area contributed by atoms with Gasteiger partial charge in [0.25, 0.3) is 0 Å². The van der Waals surface area contributed by atoms with Crippen molar-refractivity contribution in [2.75, 3.05) is 156 Å². The molecule has 0 rings (SSSR count). The maximum Gasteiger partial charge on any atom is 0.372 e. The Morgan fingerprint density at radius 1 is 0.370 bits per heavy atom. The fourth-order valence-corrected chi connectivity index (χ4v) is 3.28. The highest BCUT2D eigenvalue weighted by atomic mass is 127. The van der Waals surface area contributed by atoms with Crippen LogP contribution in [0.4, 0.5) is 0 Å². The topological polar surface area (TPSA) is 182 Å². The maximum absolute atomic E-state index is 11.4. The minimum absolute atomic E-state index is 0.0145. The van der Waals surface area contributed by atoms with Crippen molar-refractivity contribution in [3.63, 3.8) is 0 Å². The summed E-state index contributed by atoms with van der Waals surface area (Å²) in [6, 6.07) is 0. The quantitative estimate of drug-likeness (QED) is 0.0300. The molecule has 0 fully saturated rings. The molecule has 0 saturated heterocycles. The Morgan fingerprint density at radius 3 is 0.848 bits per heavy atom. The lowest BCUT2D eigenvalue weighted by atomic mass is 10.2. The zero-order chi connectivity index (χ0) is 33.6. The number of Topliss-reactive ketones (excluding diaryl/α,β-unsaturated/α-hetero) is 1. The molecule has 17 heteroatoms. The Hall–Kier alpha value is -1.10. The van der Waals surface area contributed by atoms with Crippen LogP contribution >= 0.6 is 22.6 Å². The highest BCUT2D eigenvalue weighted by Crippen LogP contribution is 1.95. The normalized spacial score (nSPS) is 11.2. The number of halogens is 1. The number of hydrogen-bond donors (Lipinski definition) is 1. The summed E-state index contributed by atoms with van der Waals surface area (Å²) in [5.41, 5.74) is 0. The number of carbonyl (C=O) groups is 3. The Balaban J connectivity index is 3.11. The molecule has 0 aliphatic heterocycles. The first-order valence-corrected chi connectivity index (χ1v) is 16.9. The molecule has 0 bridgehead atoms. The van der Waals surface area contributed by atoms with E-state index in [4.69, 9.17) is 61.9 Å². The second kappa shape index (κ2) is 38.3. The molecule has 0 spiro atoms. The van der Waals surface area contributed by atoms with E-state index in [2.05, 4.69) is 22.6 Å². The molecular weight excluding hydrogens is 731 g/mol. The van der Waals surface area contributed by atoms with Gasteiger partial charge in [0.15, 0.2) is 0 Å². The van der Waals surface area contributed by atoms with E-state index in [0.717, 1.165) is 11.0 Å². The van der Waals surface area contributed by atoms with E-state index in [1.54, 1.807) is 0 Å². The molecule has 0 heterocycles. The third kappa shape index (κ3) is 37.4. The van der Waals surface area contributed by atoms with E-state index in [9.17, 15) is 14.4 Å². The van der Waals surface area contributed by atoms with Crippen molar-refractivity contribution in [2.24, 2.45) is 0 Å². The summed E-state index contributed by atoms with van der Waals surface area (Å²) in [7, 11) is 0. The third-order valence-corrected chi connectivity index (χ3v) is 5.67. The zero-order valence-electron chi connectivity index (χ0n) is 26.8. The largest absolute Gasteiger partial charge is 0.476 e. The van der Waals surface area contributed by atoms with Crippen molar-refractivity contribution in [3.8, 4) is 0 Å². The number of aliphatic carboxylic acids is 1. The van der Waals surface area contributed by atoms with Gasteiger partial charge in [0, 0.05) is 10.8 Å². The third-order valence-electron chi connectivity index (χ3n) is 5.23. The Labute approximate surface area is 285 Å². The molecule has 1 N–H and O–H groups in total. The van der Waals surface area contributed by atoms with Crippen LogP contribution in [0.1, 0.15) is 12.8 Å². The predicted molar refractivity (Wildman–Crippen MR) is 171 cm³/mol. The van der Waals surface area contributed by atoms with Crippen molar-refractivity contribution < 1.29 is 76.3 Å². The summed E-state index contributed by atoms with van der Waals surface area (Å²) in [6.07, 6.45) is -0.659. The van der Waals surface area contributed by atoms with Gasteiger partial charge in [-0.1, -0.05) is 22.6 Å². The van der Waals surface area contributed by atoms with Gasteiger partial charge in [0.2, 0.25) is 5.78 Å². The number of ketones is 1. The van der Waals surface area contributed by atoms with Crippen LogP contribution in [-0.4, -0.2) is 179 Å². The molecule has 0 radical (unpaired) electrons. The molecule has 0 aliphatic rings. The van der Waals surface area contributed by atoms with Gasteiger partial charge in [-0.15, -0.1) is 0 Å². The second-order valence-corrected chi connectivity index (χ2v) is 9.95. The van der Waals surface area contributed by atoms with Crippen LogP contribution in [0.5, 0.6) is 0 Å². The number of esters is 1. The van der Waals surface area contributed by atoms with Crippen LogP contribution in [0.2, 0.25) is 0 Å². The summed E-state index contributed by atoms with van der Waals surface area (Å²) in [6.45, 7) is 10.5. The average Bonchev–Trinajstić information content (AvgIpc) is 3.05. The second-order valence-electron chi connectivity index (χ2n) is 8.87. The minimum atomic E-state index is -1.56. The summed E-state index contributed by atoms with van der Waals surface area (Å²) in [5.74, 6) is -3.24. The zero-order valence-corrected chi connectivity index (χ0v) is 29.0. The molecule has 0 saturated carbocycles. The van der Waals surface area contributed by atoms with Crippen molar-refractivity contribution >= 4 is 40.3 Å². The summed E-state index contributed by atoms with van der Waals surface area (Å²) in [4.78, 5) is 32.6. The summed E-state index contributed by atoms with van der Waals surface area (Å²) < 4.78 is 65.2. The first kappa shape index (κ1) is 44.9. The van der Waals surface area contributed by atoms with E-state index in [1.807, 2.05) is 0 Å². The molecule has 0 aromatic rings. The molecule has 16 nitrogen and oxygen atoms in total. The Kier molecular flexibility index (Phi) is 37.4. The molecule has 0 aliphatic carbocycles. The highest BCUT2D eigenvalue weighted by Gasteiger charge is 2.14. The molecular formula is C29H53IO16. The Morgan fingerprint density at radius 2 is 0.609 bits per heavy atom. The number of carbonyl (C=O) groups excluding carboxylic acids is 2. The van der Waals surface area contributed by atoms with Gasteiger partial charge in [-0.3, -0.25) is 9.59 Å². The van der Waals surface area contributed by atoms with E-state index in [0.29, 0.717) is 132 Å². The van der Waals surface area contributed by atoms with E-state index >= 15 is 0 Å². The van der Waals surface area contributed by atoms with Gasteiger partial charge in [-0.2, -0.15) is 0 Å². The lowest BCUT2D eigenvalue weighted by Gasteiger charge is -2.09. The molecule has 272 valence electrons. The number of alkyl halides is 1. The Bertz CT molecular complexity index is 688. The minimum Gasteiger partial charge on any atom is -0.476 e. The fourth-order valence-electron chi connectivity index (χ4n) is 2.96. The number of hydrogen-bond acceptors (Lipinski definition) is 15. The summed E-state index contributed by atoms with van der Waals surface area (Å²) >= 11 is 2.27. The van der Waals surface area contributed by atoms with Gasteiger partial charge in [-0.25, -0.2) is 4.79 Å². The van der Waals surface area contributed by atoms with E-state index in [-0.39, 0.29) is 26.1 Å². The highest BCUT2D eigenvalue weighted by molar-refractivity contribution is 14.1. The van der Waals surface area contributed by atoms with Crippen molar-refractivity contribution in [3.05, 3.63) is 0 Å². The molecule has 46 heavy (non-hydrogen) atoms. The summed E-state index contributed by atoms with van der Waals surface area (Å²) in [5, 5.41) is 8.44.